The maximum Gasteiger partial charge on any atom is 0.229 e. The van der Waals surface area contributed by atoms with Gasteiger partial charge in [-0.1, -0.05) is 72.0 Å². The van der Waals surface area contributed by atoms with Crippen LogP contribution in [0, 0.1) is 0 Å². The maximum absolute atomic E-state index is 14.0. The Morgan fingerprint density at radius 1 is 1.03 bits per heavy atom. The zero-order chi connectivity index (χ0) is 24.7. The monoisotopic (exact) mass is 501 g/mol. The summed E-state index contributed by atoms with van der Waals surface area (Å²) in [6, 6.07) is 26.5. The fourth-order valence-electron chi connectivity index (χ4n) is 4.61. The van der Waals surface area contributed by atoms with Gasteiger partial charge in [-0.25, -0.2) is 4.98 Å². The van der Waals surface area contributed by atoms with Crippen LogP contribution in [0.5, 0.6) is 5.75 Å². The normalized spacial score (nSPS) is 14.3. The average molecular weight is 502 g/mol. The maximum atomic E-state index is 14.0. The molecule has 2 heterocycles. The summed E-state index contributed by atoms with van der Waals surface area (Å²) >= 11 is 1.55. The Balaban J connectivity index is 1.44. The summed E-state index contributed by atoms with van der Waals surface area (Å²) in [4.78, 5) is 23.1. The number of carbonyl (C=O) groups excluding carboxylic acids is 1. The molecule has 0 spiro atoms. The van der Waals surface area contributed by atoms with Crippen LogP contribution in [-0.4, -0.2) is 62.3 Å². The molecular weight excluding hydrogens is 470 g/mol. The molecule has 1 saturated heterocycles. The molecule has 5 rings (SSSR count). The zero-order valence-electron chi connectivity index (χ0n) is 20.5. The number of benzene rings is 3. The minimum Gasteiger partial charge on any atom is -0.497 e. The van der Waals surface area contributed by atoms with Gasteiger partial charge in [-0.2, -0.15) is 0 Å². The third kappa shape index (κ3) is 5.75. The molecule has 6 nitrogen and oxygen atoms in total. The second kappa shape index (κ2) is 11.6. The molecule has 0 bridgehead atoms. The highest BCUT2D eigenvalue weighted by Crippen LogP contribution is 2.34. The number of rotatable bonds is 9. The summed E-state index contributed by atoms with van der Waals surface area (Å²) in [6.07, 6.45) is 0.371. The smallest absolute Gasteiger partial charge is 0.229 e. The van der Waals surface area contributed by atoms with Crippen LogP contribution in [-0.2, 0) is 9.53 Å². The van der Waals surface area contributed by atoms with Gasteiger partial charge in [0.25, 0.3) is 0 Å². The van der Waals surface area contributed by atoms with Gasteiger partial charge in [0.1, 0.15) is 5.75 Å². The third-order valence-electron chi connectivity index (χ3n) is 6.64. The number of amides is 1. The lowest BCUT2D eigenvalue weighted by Gasteiger charge is -2.30. The van der Waals surface area contributed by atoms with Crippen molar-refractivity contribution in [3.8, 4) is 5.75 Å². The Kier molecular flexibility index (Phi) is 7.91. The Morgan fingerprint density at radius 3 is 2.33 bits per heavy atom. The molecule has 1 aliphatic rings. The number of nitrogens with zero attached hydrogens (tertiary/aromatic N) is 3. The molecule has 36 heavy (non-hydrogen) atoms. The molecule has 1 aromatic heterocycles. The first kappa shape index (κ1) is 24.4. The molecule has 1 amide bonds. The molecule has 186 valence electrons. The van der Waals surface area contributed by atoms with Gasteiger partial charge in [-0.3, -0.25) is 14.6 Å². The van der Waals surface area contributed by atoms with Gasteiger partial charge in [0.15, 0.2) is 5.13 Å². The minimum atomic E-state index is -0.0275. The summed E-state index contributed by atoms with van der Waals surface area (Å²) in [5.41, 5.74) is 3.12. The molecule has 0 N–H and O–H groups in total. The summed E-state index contributed by atoms with van der Waals surface area (Å²) in [5, 5.41) is 0.733. The lowest BCUT2D eigenvalue weighted by Crippen LogP contribution is -2.43. The molecular formula is C29H31N3O3S. The van der Waals surface area contributed by atoms with Gasteiger partial charge in [-0.05, 0) is 23.3 Å². The van der Waals surface area contributed by atoms with E-state index in [1.54, 1.807) is 18.4 Å². The minimum absolute atomic E-state index is 0.0275. The average Bonchev–Trinajstić information content (AvgIpc) is 3.36. The summed E-state index contributed by atoms with van der Waals surface area (Å²) < 4.78 is 11.9. The van der Waals surface area contributed by atoms with E-state index >= 15 is 0 Å². The van der Waals surface area contributed by atoms with Crippen molar-refractivity contribution in [1.82, 2.24) is 9.88 Å². The lowest BCUT2D eigenvalue weighted by molar-refractivity contribution is -0.118. The summed E-state index contributed by atoms with van der Waals surface area (Å²) in [5.74, 6) is 0.811. The van der Waals surface area contributed by atoms with Crippen molar-refractivity contribution >= 4 is 32.6 Å². The van der Waals surface area contributed by atoms with E-state index in [1.807, 2.05) is 59.5 Å². The van der Waals surface area contributed by atoms with E-state index in [1.165, 1.54) is 0 Å². The molecule has 3 aromatic carbocycles. The van der Waals surface area contributed by atoms with Crippen LogP contribution < -0.4 is 9.64 Å². The van der Waals surface area contributed by atoms with Gasteiger partial charge in [0, 0.05) is 44.6 Å². The Labute approximate surface area is 216 Å². The highest BCUT2D eigenvalue weighted by atomic mass is 32.1. The lowest BCUT2D eigenvalue weighted by atomic mass is 9.88. The van der Waals surface area contributed by atoms with E-state index < -0.39 is 0 Å². The Morgan fingerprint density at radius 2 is 1.69 bits per heavy atom. The number of ether oxygens (including phenoxy) is 2. The molecule has 4 aromatic rings. The Hall–Kier alpha value is -3.26. The van der Waals surface area contributed by atoms with Crippen molar-refractivity contribution in [2.45, 2.75) is 12.3 Å². The Bertz CT molecular complexity index is 1230. The summed E-state index contributed by atoms with van der Waals surface area (Å²) in [6.45, 7) is 4.62. The van der Waals surface area contributed by atoms with Crippen LogP contribution in [0.4, 0.5) is 5.13 Å². The van der Waals surface area contributed by atoms with Gasteiger partial charge < -0.3 is 9.47 Å². The van der Waals surface area contributed by atoms with E-state index in [2.05, 4.69) is 29.2 Å². The van der Waals surface area contributed by atoms with E-state index in [9.17, 15) is 4.79 Å². The quantitative estimate of drug-likeness (QED) is 0.316. The van der Waals surface area contributed by atoms with Crippen molar-refractivity contribution in [2.75, 3.05) is 51.4 Å². The first-order valence-electron chi connectivity index (χ1n) is 12.4. The van der Waals surface area contributed by atoms with Crippen LogP contribution in [0.25, 0.3) is 10.2 Å². The molecule has 0 saturated carbocycles. The molecule has 0 radical (unpaired) electrons. The van der Waals surface area contributed by atoms with Crippen LogP contribution in [0.1, 0.15) is 23.5 Å². The molecule has 0 atom stereocenters. The first-order chi connectivity index (χ1) is 17.7. The highest BCUT2D eigenvalue weighted by molar-refractivity contribution is 7.22. The predicted octanol–water partition coefficient (Wildman–Crippen LogP) is 5.19. The first-order valence-corrected chi connectivity index (χ1v) is 13.2. The van der Waals surface area contributed by atoms with Crippen LogP contribution in [0.2, 0.25) is 0 Å². The molecule has 1 aliphatic heterocycles. The standard InChI is InChI=1S/C29H31N3O3S/c1-34-24-12-13-27-26(20-24)30-29(36-27)32(15-14-31-16-18-35-19-17-31)28(33)21-25(22-8-4-2-5-9-22)23-10-6-3-7-11-23/h2-13,20,25H,14-19,21H2,1H3. The van der Waals surface area contributed by atoms with Gasteiger partial charge >= 0.3 is 0 Å². The van der Waals surface area contributed by atoms with Crippen molar-refractivity contribution in [3.63, 3.8) is 0 Å². The SMILES string of the molecule is COc1ccc2sc(N(CCN3CCOCC3)C(=O)CC(c3ccccc3)c3ccccc3)nc2c1. The van der Waals surface area contributed by atoms with E-state index in [0.29, 0.717) is 13.0 Å². The number of morpholine rings is 1. The molecule has 0 aliphatic carbocycles. The number of aromatic nitrogens is 1. The van der Waals surface area contributed by atoms with Crippen LogP contribution in [0.15, 0.2) is 78.9 Å². The topological polar surface area (TPSA) is 54.9 Å². The van der Waals surface area contributed by atoms with E-state index in [0.717, 1.165) is 65.1 Å². The highest BCUT2D eigenvalue weighted by Gasteiger charge is 2.26. The third-order valence-corrected chi connectivity index (χ3v) is 7.70. The second-order valence-electron chi connectivity index (χ2n) is 8.91. The number of hydrogen-bond donors (Lipinski definition) is 0. The summed E-state index contributed by atoms with van der Waals surface area (Å²) in [7, 11) is 1.65. The second-order valence-corrected chi connectivity index (χ2v) is 9.92. The van der Waals surface area contributed by atoms with Crippen molar-refractivity contribution in [1.29, 1.82) is 0 Å². The van der Waals surface area contributed by atoms with Gasteiger partial charge in [-0.15, -0.1) is 0 Å². The number of methoxy groups -OCH3 is 1. The van der Waals surface area contributed by atoms with E-state index in [-0.39, 0.29) is 11.8 Å². The largest absolute Gasteiger partial charge is 0.497 e. The fraction of sp³-hybridized carbons (Fsp3) is 0.310. The van der Waals surface area contributed by atoms with Gasteiger partial charge in [0.2, 0.25) is 5.91 Å². The van der Waals surface area contributed by atoms with Crippen molar-refractivity contribution < 1.29 is 14.3 Å². The number of anilines is 1. The van der Waals surface area contributed by atoms with Crippen LogP contribution >= 0.6 is 11.3 Å². The molecule has 7 heteroatoms. The van der Waals surface area contributed by atoms with E-state index in [4.69, 9.17) is 14.5 Å². The van der Waals surface area contributed by atoms with Crippen molar-refractivity contribution in [2.24, 2.45) is 0 Å². The van der Waals surface area contributed by atoms with Gasteiger partial charge in [0.05, 0.1) is 30.5 Å². The predicted molar refractivity (Wildman–Crippen MR) is 145 cm³/mol. The number of carbonyl (C=O) groups is 1. The number of hydrogen-bond acceptors (Lipinski definition) is 6. The van der Waals surface area contributed by atoms with Crippen molar-refractivity contribution in [3.05, 3.63) is 90.0 Å². The fourth-order valence-corrected chi connectivity index (χ4v) is 5.60. The molecule has 1 fully saturated rings. The molecule has 0 unspecified atom stereocenters. The number of fused-ring (bicyclic) bond motifs is 1. The van der Waals surface area contributed by atoms with Crippen LogP contribution in [0.3, 0.4) is 0 Å². The zero-order valence-corrected chi connectivity index (χ0v) is 21.3. The number of thiazole rings is 1.